The Bertz CT molecular complexity index is 1040. The van der Waals surface area contributed by atoms with Crippen molar-refractivity contribution < 1.29 is 9.59 Å². The molecule has 0 saturated heterocycles. The van der Waals surface area contributed by atoms with Gasteiger partial charge >= 0.3 is 0 Å². The molecule has 3 aromatic rings. The first-order chi connectivity index (χ1) is 16.0. The first kappa shape index (κ1) is 24.5. The van der Waals surface area contributed by atoms with Crippen LogP contribution in [-0.2, 0) is 22.4 Å². The maximum absolute atomic E-state index is 13.5. The molecule has 0 aliphatic rings. The van der Waals surface area contributed by atoms with Gasteiger partial charge in [0, 0.05) is 19.5 Å². The van der Waals surface area contributed by atoms with Crippen molar-refractivity contribution in [3.8, 4) is 0 Å². The van der Waals surface area contributed by atoms with E-state index in [9.17, 15) is 9.59 Å². The van der Waals surface area contributed by atoms with Gasteiger partial charge in [0.2, 0.25) is 11.8 Å². The lowest BCUT2D eigenvalue weighted by Crippen LogP contribution is -2.50. The third kappa shape index (κ3) is 6.92. The number of fused-ring (bicyclic) bond motifs is 1. The van der Waals surface area contributed by atoms with Crippen LogP contribution in [0.3, 0.4) is 0 Å². The molecule has 0 aliphatic heterocycles. The third-order valence-electron chi connectivity index (χ3n) is 6.04. The van der Waals surface area contributed by atoms with Crippen molar-refractivity contribution in [3.05, 3.63) is 83.9 Å². The SMILES string of the molecule is CCC(C(=O)NCC(C)C)N(CCc1ccccc1)C(=O)CCc1cccc2ccccc12. The zero-order valence-corrected chi connectivity index (χ0v) is 20.1. The number of rotatable bonds is 11. The second-order valence-electron chi connectivity index (χ2n) is 9.02. The second-order valence-corrected chi connectivity index (χ2v) is 9.02. The van der Waals surface area contributed by atoms with Crippen LogP contribution in [0, 0.1) is 5.92 Å². The van der Waals surface area contributed by atoms with Gasteiger partial charge in [0.1, 0.15) is 6.04 Å². The number of carbonyl (C=O) groups excluding carboxylic acids is 2. The molecule has 4 heteroatoms. The van der Waals surface area contributed by atoms with E-state index in [1.807, 2.05) is 43.3 Å². The maximum Gasteiger partial charge on any atom is 0.242 e. The fraction of sp³-hybridized carbons (Fsp3) is 0.379. The van der Waals surface area contributed by atoms with Crippen molar-refractivity contribution >= 4 is 22.6 Å². The standard InChI is InChI=1S/C29H36N2O2/c1-4-27(29(33)30-21-22(2)3)31(20-19-23-11-6-5-7-12-23)28(32)18-17-25-15-10-14-24-13-8-9-16-26(24)25/h5-16,22,27H,4,17-21H2,1-3H3,(H,30,33). The summed E-state index contributed by atoms with van der Waals surface area (Å²) in [6.07, 6.45) is 2.37. The molecule has 3 aromatic carbocycles. The van der Waals surface area contributed by atoms with Crippen molar-refractivity contribution in [2.45, 2.75) is 52.5 Å². The van der Waals surface area contributed by atoms with Gasteiger partial charge in [0.15, 0.2) is 0 Å². The Kier molecular flexibility index (Phi) is 9.05. The molecular weight excluding hydrogens is 408 g/mol. The average Bonchev–Trinajstić information content (AvgIpc) is 2.84. The summed E-state index contributed by atoms with van der Waals surface area (Å²) in [5, 5.41) is 5.40. The highest BCUT2D eigenvalue weighted by Crippen LogP contribution is 2.21. The van der Waals surface area contributed by atoms with Crippen LogP contribution in [0.25, 0.3) is 10.8 Å². The minimum absolute atomic E-state index is 0.0328. The number of hydrogen-bond donors (Lipinski definition) is 1. The van der Waals surface area contributed by atoms with Gasteiger partial charge in [0.25, 0.3) is 0 Å². The van der Waals surface area contributed by atoms with Crippen LogP contribution in [0.2, 0.25) is 0 Å². The summed E-state index contributed by atoms with van der Waals surface area (Å²) in [6.45, 7) is 7.28. The molecule has 0 saturated carbocycles. The Hall–Kier alpha value is -3.14. The molecule has 4 nitrogen and oxygen atoms in total. The van der Waals surface area contributed by atoms with Crippen molar-refractivity contribution in [1.29, 1.82) is 0 Å². The molecule has 0 aromatic heterocycles. The zero-order valence-electron chi connectivity index (χ0n) is 20.1. The van der Waals surface area contributed by atoms with Gasteiger partial charge in [-0.1, -0.05) is 93.6 Å². The predicted octanol–water partition coefficient (Wildman–Crippen LogP) is 5.39. The highest BCUT2D eigenvalue weighted by molar-refractivity contribution is 5.89. The summed E-state index contributed by atoms with van der Waals surface area (Å²) in [4.78, 5) is 28.2. The number of aryl methyl sites for hydroxylation is 1. The average molecular weight is 445 g/mol. The van der Waals surface area contributed by atoms with Crippen LogP contribution in [0.1, 0.15) is 44.7 Å². The number of hydrogen-bond acceptors (Lipinski definition) is 2. The van der Waals surface area contributed by atoms with E-state index in [1.165, 1.54) is 21.9 Å². The monoisotopic (exact) mass is 444 g/mol. The molecule has 0 aliphatic carbocycles. The van der Waals surface area contributed by atoms with Gasteiger partial charge in [-0.25, -0.2) is 0 Å². The molecule has 1 N–H and O–H groups in total. The molecule has 0 bridgehead atoms. The van der Waals surface area contributed by atoms with Crippen LogP contribution >= 0.6 is 0 Å². The number of benzene rings is 3. The normalized spacial score (nSPS) is 12.0. The van der Waals surface area contributed by atoms with Crippen LogP contribution < -0.4 is 5.32 Å². The van der Waals surface area contributed by atoms with Crippen molar-refractivity contribution in [2.75, 3.05) is 13.1 Å². The number of nitrogens with zero attached hydrogens (tertiary/aromatic N) is 1. The molecule has 1 unspecified atom stereocenters. The lowest BCUT2D eigenvalue weighted by molar-refractivity contribution is -0.140. The summed E-state index contributed by atoms with van der Waals surface area (Å²) < 4.78 is 0. The fourth-order valence-corrected chi connectivity index (χ4v) is 4.21. The minimum Gasteiger partial charge on any atom is -0.354 e. The Balaban J connectivity index is 1.75. The highest BCUT2D eigenvalue weighted by atomic mass is 16.2. The van der Waals surface area contributed by atoms with Gasteiger partial charge in [-0.15, -0.1) is 0 Å². The van der Waals surface area contributed by atoms with E-state index in [0.29, 0.717) is 38.3 Å². The van der Waals surface area contributed by atoms with Crippen LogP contribution in [0.4, 0.5) is 0 Å². The number of nitrogens with one attached hydrogen (secondary N) is 1. The lowest BCUT2D eigenvalue weighted by Gasteiger charge is -2.31. The minimum atomic E-state index is -0.451. The Morgan fingerprint density at radius 2 is 1.58 bits per heavy atom. The molecule has 3 rings (SSSR count). The van der Waals surface area contributed by atoms with Gasteiger partial charge in [0.05, 0.1) is 0 Å². The third-order valence-corrected chi connectivity index (χ3v) is 6.04. The lowest BCUT2D eigenvalue weighted by atomic mass is 10.00. The summed E-state index contributed by atoms with van der Waals surface area (Å²) >= 11 is 0. The van der Waals surface area contributed by atoms with Gasteiger partial charge < -0.3 is 10.2 Å². The van der Waals surface area contributed by atoms with Crippen molar-refractivity contribution in [3.63, 3.8) is 0 Å². The van der Waals surface area contributed by atoms with Crippen molar-refractivity contribution in [2.24, 2.45) is 5.92 Å². The summed E-state index contributed by atoms with van der Waals surface area (Å²) in [7, 11) is 0. The quantitative estimate of drug-likeness (QED) is 0.431. The number of carbonyl (C=O) groups is 2. The number of amides is 2. The van der Waals surface area contributed by atoms with Gasteiger partial charge in [-0.2, -0.15) is 0 Å². The molecule has 0 radical (unpaired) electrons. The summed E-state index contributed by atoms with van der Waals surface area (Å²) in [6, 6.07) is 24.2. The summed E-state index contributed by atoms with van der Waals surface area (Å²) in [5.74, 6) is 0.342. The Morgan fingerprint density at radius 1 is 0.879 bits per heavy atom. The molecule has 1 atom stereocenters. The molecule has 174 valence electrons. The van der Waals surface area contributed by atoms with E-state index < -0.39 is 6.04 Å². The molecule has 0 fully saturated rings. The van der Waals surface area contributed by atoms with Crippen LogP contribution in [0.15, 0.2) is 72.8 Å². The molecule has 2 amide bonds. The smallest absolute Gasteiger partial charge is 0.242 e. The van der Waals surface area contributed by atoms with Gasteiger partial charge in [-0.3, -0.25) is 9.59 Å². The molecular formula is C29H36N2O2. The maximum atomic E-state index is 13.5. The Labute approximate surface area is 198 Å². The highest BCUT2D eigenvalue weighted by Gasteiger charge is 2.28. The second kappa shape index (κ2) is 12.2. The van der Waals surface area contributed by atoms with Crippen molar-refractivity contribution in [1.82, 2.24) is 10.2 Å². The van der Waals surface area contributed by atoms with E-state index in [2.05, 4.69) is 55.6 Å². The summed E-state index contributed by atoms with van der Waals surface area (Å²) in [5.41, 5.74) is 2.34. The van der Waals surface area contributed by atoms with E-state index in [1.54, 1.807) is 4.90 Å². The molecule has 0 spiro atoms. The largest absolute Gasteiger partial charge is 0.354 e. The predicted molar refractivity (Wildman–Crippen MR) is 136 cm³/mol. The zero-order chi connectivity index (χ0) is 23.6. The topological polar surface area (TPSA) is 49.4 Å². The van der Waals surface area contributed by atoms with E-state index in [4.69, 9.17) is 0 Å². The van der Waals surface area contributed by atoms with E-state index >= 15 is 0 Å². The van der Waals surface area contributed by atoms with E-state index in [0.717, 1.165) is 6.42 Å². The molecule has 33 heavy (non-hydrogen) atoms. The molecule has 0 heterocycles. The Morgan fingerprint density at radius 3 is 2.30 bits per heavy atom. The van der Waals surface area contributed by atoms with Gasteiger partial charge in [-0.05, 0) is 47.1 Å². The van der Waals surface area contributed by atoms with Crippen LogP contribution in [-0.4, -0.2) is 35.8 Å². The first-order valence-corrected chi connectivity index (χ1v) is 12.1. The first-order valence-electron chi connectivity index (χ1n) is 12.1. The van der Waals surface area contributed by atoms with Crippen LogP contribution in [0.5, 0.6) is 0 Å². The fourth-order valence-electron chi connectivity index (χ4n) is 4.21. The van der Waals surface area contributed by atoms with E-state index in [-0.39, 0.29) is 11.8 Å².